The Morgan fingerprint density at radius 3 is 2.94 bits per heavy atom. The Morgan fingerprint density at radius 2 is 2.33 bits per heavy atom. The van der Waals surface area contributed by atoms with E-state index in [1.165, 1.54) is 0 Å². The quantitative estimate of drug-likeness (QED) is 0.707. The number of hydrogen-bond acceptors (Lipinski definition) is 5. The molecular formula is C12H23N3O2S. The van der Waals surface area contributed by atoms with Crippen molar-refractivity contribution in [1.29, 1.82) is 0 Å². The lowest BCUT2D eigenvalue weighted by atomic mass is 9.90. The van der Waals surface area contributed by atoms with Gasteiger partial charge in [0.05, 0.1) is 13.2 Å². The molecule has 1 unspecified atom stereocenters. The van der Waals surface area contributed by atoms with E-state index in [2.05, 4.69) is 31.1 Å². The number of nitrogens with two attached hydrogens (primary N) is 1. The van der Waals surface area contributed by atoms with Crippen molar-refractivity contribution >= 4 is 22.8 Å². The molecule has 0 fully saturated rings. The van der Waals surface area contributed by atoms with Crippen molar-refractivity contribution in [3.05, 3.63) is 0 Å². The molecule has 1 aliphatic rings. The smallest absolute Gasteiger partial charge is 0.243 e. The predicted molar refractivity (Wildman–Crippen MR) is 75.8 cm³/mol. The lowest BCUT2D eigenvalue weighted by Gasteiger charge is -2.21. The van der Waals surface area contributed by atoms with Gasteiger partial charge in [0.15, 0.2) is 5.17 Å². The van der Waals surface area contributed by atoms with Crippen LogP contribution in [0.3, 0.4) is 0 Å². The summed E-state index contributed by atoms with van der Waals surface area (Å²) in [5.74, 6) is -0.437. The first-order chi connectivity index (χ1) is 8.37. The van der Waals surface area contributed by atoms with E-state index in [1.807, 2.05) is 0 Å². The standard InChI is InChI=1S/C12H23N3O2S/c1-12(2,3)6-9-7-15-11(18-9)14-4-5-17-8-10(13)16/h9H,4-8H2,1-3H3,(H2,13,16)(H,14,15). The summed E-state index contributed by atoms with van der Waals surface area (Å²) in [6, 6.07) is 0. The van der Waals surface area contributed by atoms with Gasteiger partial charge in [-0.2, -0.15) is 0 Å². The molecule has 0 bridgehead atoms. The van der Waals surface area contributed by atoms with Gasteiger partial charge >= 0.3 is 0 Å². The van der Waals surface area contributed by atoms with E-state index in [9.17, 15) is 4.79 Å². The van der Waals surface area contributed by atoms with Crippen molar-refractivity contribution < 1.29 is 9.53 Å². The van der Waals surface area contributed by atoms with E-state index >= 15 is 0 Å². The molecule has 6 heteroatoms. The van der Waals surface area contributed by atoms with E-state index in [-0.39, 0.29) is 6.61 Å². The van der Waals surface area contributed by atoms with Crippen molar-refractivity contribution in [1.82, 2.24) is 5.32 Å². The zero-order valence-electron chi connectivity index (χ0n) is 11.4. The first-order valence-corrected chi connectivity index (χ1v) is 7.06. The Morgan fingerprint density at radius 1 is 1.61 bits per heavy atom. The SMILES string of the molecule is CC(C)(C)CC1CN=C(NCCOCC(N)=O)S1. The van der Waals surface area contributed by atoms with Crippen LogP contribution < -0.4 is 11.1 Å². The molecule has 5 nitrogen and oxygen atoms in total. The molecule has 18 heavy (non-hydrogen) atoms. The van der Waals surface area contributed by atoms with Gasteiger partial charge in [0.2, 0.25) is 5.91 Å². The van der Waals surface area contributed by atoms with Crippen molar-refractivity contribution in [2.24, 2.45) is 16.1 Å². The Labute approximate surface area is 113 Å². The summed E-state index contributed by atoms with van der Waals surface area (Å²) in [4.78, 5) is 14.9. The molecule has 0 saturated heterocycles. The molecule has 104 valence electrons. The van der Waals surface area contributed by atoms with Crippen LogP contribution in [0.15, 0.2) is 4.99 Å². The minimum absolute atomic E-state index is 0.0199. The van der Waals surface area contributed by atoms with Gasteiger partial charge in [0, 0.05) is 11.8 Å². The molecular weight excluding hydrogens is 250 g/mol. The second-order valence-corrected chi connectivity index (χ2v) is 6.89. The molecule has 1 amide bonds. The first kappa shape index (κ1) is 15.3. The van der Waals surface area contributed by atoms with Gasteiger partial charge in [-0.3, -0.25) is 9.79 Å². The van der Waals surface area contributed by atoms with Gasteiger partial charge in [0.1, 0.15) is 6.61 Å². The highest BCUT2D eigenvalue weighted by atomic mass is 32.2. The molecule has 0 spiro atoms. The number of nitrogens with one attached hydrogen (secondary N) is 1. The number of nitrogens with zero attached hydrogens (tertiary/aromatic N) is 1. The topological polar surface area (TPSA) is 76.7 Å². The zero-order valence-corrected chi connectivity index (χ0v) is 12.2. The minimum atomic E-state index is -0.437. The molecule has 1 aliphatic heterocycles. The number of thioether (sulfide) groups is 1. The van der Waals surface area contributed by atoms with Crippen molar-refractivity contribution in [3.63, 3.8) is 0 Å². The molecule has 1 heterocycles. The summed E-state index contributed by atoms with van der Waals surface area (Å²) in [7, 11) is 0. The molecule has 1 atom stereocenters. The summed E-state index contributed by atoms with van der Waals surface area (Å²) in [5, 5.41) is 4.75. The summed E-state index contributed by atoms with van der Waals surface area (Å²) >= 11 is 1.79. The Bertz CT molecular complexity index is 313. The molecule has 0 aromatic carbocycles. The van der Waals surface area contributed by atoms with Crippen molar-refractivity contribution in [2.75, 3.05) is 26.3 Å². The van der Waals surface area contributed by atoms with Crippen LogP contribution in [0.2, 0.25) is 0 Å². The molecule has 3 N–H and O–H groups in total. The van der Waals surface area contributed by atoms with E-state index < -0.39 is 5.91 Å². The maximum absolute atomic E-state index is 10.4. The summed E-state index contributed by atoms with van der Waals surface area (Å²) < 4.78 is 5.06. The number of rotatable bonds is 6. The molecule has 0 radical (unpaired) electrons. The van der Waals surface area contributed by atoms with Gasteiger partial charge in [-0.25, -0.2) is 0 Å². The number of amidine groups is 1. The van der Waals surface area contributed by atoms with Crippen molar-refractivity contribution in [3.8, 4) is 0 Å². The fourth-order valence-electron chi connectivity index (χ4n) is 1.71. The predicted octanol–water partition coefficient (Wildman–Crippen LogP) is 0.986. The Hall–Kier alpha value is -0.750. The van der Waals surface area contributed by atoms with E-state index in [0.29, 0.717) is 23.8 Å². The third kappa shape index (κ3) is 6.86. The van der Waals surface area contributed by atoms with Crippen LogP contribution in [0.1, 0.15) is 27.2 Å². The lowest BCUT2D eigenvalue weighted by molar-refractivity contribution is -0.122. The zero-order chi connectivity index (χ0) is 13.6. The maximum Gasteiger partial charge on any atom is 0.243 e. The van der Waals surface area contributed by atoms with Crippen LogP contribution in [0.5, 0.6) is 0 Å². The van der Waals surface area contributed by atoms with Gasteiger partial charge in [0.25, 0.3) is 0 Å². The minimum Gasteiger partial charge on any atom is -0.370 e. The van der Waals surface area contributed by atoms with E-state index in [0.717, 1.165) is 18.1 Å². The van der Waals surface area contributed by atoms with Crippen molar-refractivity contribution in [2.45, 2.75) is 32.4 Å². The number of hydrogen-bond donors (Lipinski definition) is 2. The van der Waals surface area contributed by atoms with Crippen LogP contribution >= 0.6 is 11.8 Å². The largest absolute Gasteiger partial charge is 0.370 e. The second-order valence-electron chi connectivity index (χ2n) is 5.60. The van der Waals surface area contributed by atoms with Crippen LogP contribution in [0.4, 0.5) is 0 Å². The molecule has 0 saturated carbocycles. The van der Waals surface area contributed by atoms with Crippen LogP contribution in [-0.2, 0) is 9.53 Å². The van der Waals surface area contributed by atoms with E-state index in [1.54, 1.807) is 11.8 Å². The highest BCUT2D eigenvalue weighted by Crippen LogP contribution is 2.31. The highest BCUT2D eigenvalue weighted by molar-refractivity contribution is 8.14. The lowest BCUT2D eigenvalue weighted by Crippen LogP contribution is -2.26. The maximum atomic E-state index is 10.4. The van der Waals surface area contributed by atoms with Gasteiger partial charge in [-0.05, 0) is 11.8 Å². The summed E-state index contributed by atoms with van der Waals surface area (Å²) in [6.45, 7) is 8.72. The molecule has 1 rings (SSSR count). The average molecular weight is 273 g/mol. The van der Waals surface area contributed by atoms with E-state index in [4.69, 9.17) is 10.5 Å². The Balaban J connectivity index is 2.09. The second kappa shape index (κ2) is 6.99. The third-order valence-corrected chi connectivity index (χ3v) is 3.47. The average Bonchev–Trinajstić information content (AvgIpc) is 2.62. The third-order valence-electron chi connectivity index (χ3n) is 2.32. The molecule has 0 aromatic rings. The monoisotopic (exact) mass is 273 g/mol. The van der Waals surface area contributed by atoms with Gasteiger partial charge in [-0.15, -0.1) is 0 Å². The normalized spacial score (nSPS) is 19.7. The van der Waals surface area contributed by atoms with Gasteiger partial charge in [-0.1, -0.05) is 32.5 Å². The van der Waals surface area contributed by atoms with Crippen LogP contribution in [0, 0.1) is 5.41 Å². The Kier molecular flexibility index (Phi) is 5.95. The number of carbonyl (C=O) groups is 1. The number of aliphatic imine (C=N–C) groups is 1. The highest BCUT2D eigenvalue weighted by Gasteiger charge is 2.24. The first-order valence-electron chi connectivity index (χ1n) is 6.18. The van der Waals surface area contributed by atoms with Crippen LogP contribution in [-0.4, -0.2) is 42.6 Å². The fraction of sp³-hybridized carbons (Fsp3) is 0.833. The number of amides is 1. The summed E-state index contributed by atoms with van der Waals surface area (Å²) in [6.07, 6.45) is 1.16. The number of ether oxygens (including phenoxy) is 1. The van der Waals surface area contributed by atoms with Crippen LogP contribution in [0.25, 0.3) is 0 Å². The number of primary amides is 1. The molecule has 0 aromatic heterocycles. The molecule has 0 aliphatic carbocycles. The fourth-order valence-corrected chi connectivity index (χ4v) is 3.09. The van der Waals surface area contributed by atoms with Gasteiger partial charge < -0.3 is 15.8 Å². The summed E-state index contributed by atoms with van der Waals surface area (Å²) in [5.41, 5.74) is 5.30. The number of carbonyl (C=O) groups excluding carboxylic acids is 1.